The Morgan fingerprint density at radius 3 is 2.38 bits per heavy atom. The average molecular weight is 334 g/mol. The van der Waals surface area contributed by atoms with Crippen LogP contribution >= 0.6 is 0 Å². The number of aliphatic carboxylic acids is 1. The number of hydrogen-bond acceptors (Lipinski definition) is 4. The Bertz CT molecular complexity index is 534. The number of benzene rings is 1. The van der Waals surface area contributed by atoms with E-state index in [1.807, 2.05) is 45.2 Å². The van der Waals surface area contributed by atoms with E-state index < -0.39 is 11.9 Å². The van der Waals surface area contributed by atoms with Gasteiger partial charge < -0.3 is 15.3 Å². The first-order valence-corrected chi connectivity index (χ1v) is 8.54. The molecule has 0 amide bonds. The zero-order valence-electron chi connectivity index (χ0n) is 15.4. The lowest BCUT2D eigenvalue weighted by Crippen LogP contribution is -2.38. The molecular weight excluding hydrogens is 304 g/mol. The molecule has 2 N–H and O–H groups in total. The number of oxime groups is 1. The molecule has 5 heteroatoms. The summed E-state index contributed by atoms with van der Waals surface area (Å²) in [6, 6.07) is 7.83. The molecule has 0 aliphatic carbocycles. The minimum atomic E-state index is -0.764. The van der Waals surface area contributed by atoms with Crippen molar-refractivity contribution in [2.24, 2.45) is 17.0 Å². The number of carboxylic acids is 1. The summed E-state index contributed by atoms with van der Waals surface area (Å²) >= 11 is 0. The van der Waals surface area contributed by atoms with Gasteiger partial charge in [0.15, 0.2) is 0 Å². The Kier molecular flexibility index (Phi) is 8.47. The smallest absolute Gasteiger partial charge is 0.308 e. The van der Waals surface area contributed by atoms with E-state index in [-0.39, 0.29) is 6.04 Å². The Morgan fingerprint density at radius 2 is 1.92 bits per heavy atom. The molecule has 5 nitrogen and oxygen atoms in total. The van der Waals surface area contributed by atoms with E-state index in [1.54, 1.807) is 0 Å². The molecule has 1 aromatic rings. The monoisotopic (exact) mass is 334 g/mol. The van der Waals surface area contributed by atoms with Crippen molar-refractivity contribution in [3.8, 4) is 0 Å². The zero-order chi connectivity index (χ0) is 18.1. The number of nitrogens with zero attached hydrogens (tertiary/aromatic N) is 1. The van der Waals surface area contributed by atoms with Crippen LogP contribution in [-0.2, 0) is 16.1 Å². The molecule has 0 saturated heterocycles. The van der Waals surface area contributed by atoms with Crippen molar-refractivity contribution in [1.29, 1.82) is 0 Å². The van der Waals surface area contributed by atoms with Gasteiger partial charge in [0, 0.05) is 6.04 Å². The van der Waals surface area contributed by atoms with Crippen molar-refractivity contribution in [1.82, 2.24) is 5.32 Å². The van der Waals surface area contributed by atoms with Crippen LogP contribution in [0.1, 0.15) is 45.2 Å². The maximum absolute atomic E-state index is 11.5. The summed E-state index contributed by atoms with van der Waals surface area (Å²) in [6.45, 7) is 8.65. The highest BCUT2D eigenvalue weighted by Gasteiger charge is 2.25. The molecule has 1 aromatic carbocycles. The van der Waals surface area contributed by atoms with Crippen molar-refractivity contribution < 1.29 is 14.7 Å². The van der Waals surface area contributed by atoms with Gasteiger partial charge in [0.25, 0.3) is 0 Å². The lowest BCUT2D eigenvalue weighted by Gasteiger charge is -2.22. The van der Waals surface area contributed by atoms with E-state index >= 15 is 0 Å². The largest absolute Gasteiger partial charge is 0.481 e. The predicted molar refractivity (Wildman–Crippen MR) is 97.4 cm³/mol. The second-order valence-corrected chi connectivity index (χ2v) is 6.52. The highest BCUT2D eigenvalue weighted by molar-refractivity contribution is 5.98. The second kappa shape index (κ2) is 10.1. The molecule has 0 saturated carbocycles. The minimum Gasteiger partial charge on any atom is -0.481 e. The van der Waals surface area contributed by atoms with Crippen LogP contribution in [0, 0.1) is 11.8 Å². The molecule has 0 fully saturated rings. The third-order valence-electron chi connectivity index (χ3n) is 4.05. The second-order valence-electron chi connectivity index (χ2n) is 6.52. The summed E-state index contributed by atoms with van der Waals surface area (Å²) in [5.74, 6) is -0.759. The van der Waals surface area contributed by atoms with Crippen LogP contribution in [0.3, 0.4) is 0 Å². The first-order chi connectivity index (χ1) is 11.4. The van der Waals surface area contributed by atoms with Crippen LogP contribution in [0.25, 0.3) is 0 Å². The van der Waals surface area contributed by atoms with Gasteiger partial charge in [-0.1, -0.05) is 50.2 Å². The summed E-state index contributed by atoms with van der Waals surface area (Å²) in [4.78, 5) is 16.8. The number of hydrogen-bond donors (Lipinski definition) is 2. The normalized spacial score (nSPS) is 14.5. The molecule has 0 aliphatic heterocycles. The van der Waals surface area contributed by atoms with Gasteiger partial charge in [-0.25, -0.2) is 0 Å². The van der Waals surface area contributed by atoms with Gasteiger partial charge in [-0.2, -0.15) is 0 Å². The maximum Gasteiger partial charge on any atom is 0.308 e. The predicted octanol–water partition coefficient (Wildman–Crippen LogP) is 3.32. The SMILES string of the molecule is CC[C@@H](NC)C(Cc1ccc(/C(C)=N\OCC(C)C)cc1)C(=O)O. The van der Waals surface area contributed by atoms with Gasteiger partial charge in [-0.05, 0) is 43.9 Å². The first-order valence-electron chi connectivity index (χ1n) is 8.54. The van der Waals surface area contributed by atoms with Crippen LogP contribution < -0.4 is 5.32 Å². The third kappa shape index (κ3) is 6.32. The van der Waals surface area contributed by atoms with Crippen LogP contribution in [0.4, 0.5) is 0 Å². The summed E-state index contributed by atoms with van der Waals surface area (Å²) in [7, 11) is 1.81. The Labute approximate surface area is 145 Å². The highest BCUT2D eigenvalue weighted by Crippen LogP contribution is 2.16. The number of carbonyl (C=O) groups is 1. The fourth-order valence-corrected chi connectivity index (χ4v) is 2.56. The average Bonchev–Trinajstić information content (AvgIpc) is 2.55. The Hall–Kier alpha value is -1.88. The van der Waals surface area contributed by atoms with Gasteiger partial charge in [0.2, 0.25) is 0 Å². The van der Waals surface area contributed by atoms with Gasteiger partial charge in [0.1, 0.15) is 6.61 Å². The lowest BCUT2D eigenvalue weighted by atomic mass is 9.90. The molecule has 1 rings (SSSR count). The lowest BCUT2D eigenvalue weighted by molar-refractivity contribution is -0.142. The first kappa shape index (κ1) is 20.2. The van der Waals surface area contributed by atoms with Gasteiger partial charge in [-0.15, -0.1) is 0 Å². The van der Waals surface area contributed by atoms with Crippen molar-refractivity contribution >= 4 is 11.7 Å². The van der Waals surface area contributed by atoms with E-state index in [1.165, 1.54) is 0 Å². The Balaban J connectivity index is 2.77. The molecule has 0 radical (unpaired) electrons. The van der Waals surface area contributed by atoms with Crippen LogP contribution in [0.2, 0.25) is 0 Å². The van der Waals surface area contributed by atoms with Gasteiger partial charge in [-0.3, -0.25) is 4.79 Å². The molecule has 0 spiro atoms. The van der Waals surface area contributed by atoms with E-state index in [9.17, 15) is 9.90 Å². The van der Waals surface area contributed by atoms with Crippen molar-refractivity contribution in [3.63, 3.8) is 0 Å². The highest BCUT2D eigenvalue weighted by atomic mass is 16.6. The van der Waals surface area contributed by atoms with Crippen LogP contribution in [0.5, 0.6) is 0 Å². The van der Waals surface area contributed by atoms with E-state index in [2.05, 4.69) is 24.3 Å². The summed E-state index contributed by atoms with van der Waals surface area (Å²) in [6.07, 6.45) is 1.29. The van der Waals surface area contributed by atoms with Crippen LogP contribution in [0.15, 0.2) is 29.4 Å². The van der Waals surface area contributed by atoms with E-state index in [0.29, 0.717) is 18.9 Å². The topological polar surface area (TPSA) is 70.9 Å². The molecule has 0 bridgehead atoms. The van der Waals surface area contributed by atoms with Crippen molar-refractivity contribution in [2.45, 2.75) is 46.6 Å². The molecule has 2 atom stereocenters. The number of rotatable bonds is 10. The summed E-state index contributed by atoms with van der Waals surface area (Å²) in [5.41, 5.74) is 2.81. The van der Waals surface area contributed by atoms with Gasteiger partial charge in [0.05, 0.1) is 11.6 Å². The van der Waals surface area contributed by atoms with Crippen LogP contribution in [-0.4, -0.2) is 36.5 Å². The molecule has 24 heavy (non-hydrogen) atoms. The third-order valence-corrected chi connectivity index (χ3v) is 4.05. The maximum atomic E-state index is 11.5. The number of nitrogens with one attached hydrogen (secondary N) is 1. The van der Waals surface area contributed by atoms with E-state index in [0.717, 1.165) is 23.3 Å². The van der Waals surface area contributed by atoms with Crippen molar-refractivity contribution in [2.75, 3.05) is 13.7 Å². The molecule has 0 aliphatic rings. The molecule has 0 heterocycles. The molecule has 1 unspecified atom stereocenters. The fourth-order valence-electron chi connectivity index (χ4n) is 2.56. The molecule has 134 valence electrons. The molecule has 0 aromatic heterocycles. The summed E-state index contributed by atoms with van der Waals surface area (Å²) < 4.78 is 0. The molecular formula is C19H30N2O3. The van der Waals surface area contributed by atoms with E-state index in [4.69, 9.17) is 4.84 Å². The van der Waals surface area contributed by atoms with Gasteiger partial charge >= 0.3 is 5.97 Å². The fraction of sp³-hybridized carbons (Fsp3) is 0.579. The standard InChI is InChI=1S/C19H30N2O3/c1-6-18(20-5)17(19(22)23)11-15-7-9-16(10-8-15)14(4)21-24-12-13(2)3/h7-10,13,17-18,20H,6,11-12H2,1-5H3,(H,22,23)/b21-14-/t17?,18-/m1/s1. The quantitative estimate of drug-likeness (QED) is 0.508. The minimum absolute atomic E-state index is 0.0325. The number of carboxylic acid groups (broad SMARTS) is 1. The summed E-state index contributed by atoms with van der Waals surface area (Å²) in [5, 5.41) is 16.7. The Morgan fingerprint density at radius 1 is 1.29 bits per heavy atom. The van der Waals surface area contributed by atoms with Crippen molar-refractivity contribution in [3.05, 3.63) is 35.4 Å². The zero-order valence-corrected chi connectivity index (χ0v) is 15.4.